The van der Waals surface area contributed by atoms with Crippen LogP contribution in [0.1, 0.15) is 16.1 Å². The number of hydrogen-bond donors (Lipinski definition) is 2. The molecule has 0 spiro atoms. The molecule has 0 fully saturated rings. The van der Waals surface area contributed by atoms with E-state index in [2.05, 4.69) is 15.6 Å². The van der Waals surface area contributed by atoms with E-state index < -0.39 is 0 Å². The van der Waals surface area contributed by atoms with Crippen LogP contribution in [0, 0.1) is 0 Å². The van der Waals surface area contributed by atoms with Crippen LogP contribution in [0.2, 0.25) is 5.02 Å². The molecule has 6 nitrogen and oxygen atoms in total. The third kappa shape index (κ3) is 4.72. The number of methoxy groups -OCH3 is 2. The lowest BCUT2D eigenvalue weighted by Crippen LogP contribution is -2.23. The summed E-state index contributed by atoms with van der Waals surface area (Å²) in [7, 11) is 3.09. The minimum absolute atomic E-state index is 0.256. The Morgan fingerprint density at radius 3 is 2.50 bits per heavy atom. The average Bonchev–Trinajstić information content (AvgIpc) is 2.73. The predicted octanol–water partition coefficient (Wildman–Crippen LogP) is 4.43. The lowest BCUT2D eigenvalue weighted by molar-refractivity contribution is 0.0946. The lowest BCUT2D eigenvalue weighted by atomic mass is 10.2. The number of rotatable bonds is 7. The van der Waals surface area contributed by atoms with Crippen molar-refractivity contribution >= 4 is 28.9 Å². The van der Waals surface area contributed by atoms with Gasteiger partial charge in [0.1, 0.15) is 17.2 Å². The van der Waals surface area contributed by atoms with Crippen LogP contribution in [0.25, 0.3) is 0 Å². The van der Waals surface area contributed by atoms with Gasteiger partial charge in [0.2, 0.25) is 0 Å². The van der Waals surface area contributed by atoms with Crippen LogP contribution in [-0.2, 0) is 6.54 Å². The van der Waals surface area contributed by atoms with Crippen LogP contribution in [0.5, 0.6) is 11.5 Å². The second-order valence-corrected chi connectivity index (χ2v) is 6.32. The van der Waals surface area contributed by atoms with E-state index in [9.17, 15) is 4.79 Å². The van der Waals surface area contributed by atoms with Gasteiger partial charge in [-0.25, -0.2) is 0 Å². The SMILES string of the molecule is COc1cc(Nc2ccnc(C(=O)NCc3ccccc3)c2)c(OC)cc1Cl. The number of nitrogens with zero attached hydrogens (tertiary/aromatic N) is 1. The van der Waals surface area contributed by atoms with Gasteiger partial charge in [-0.2, -0.15) is 0 Å². The molecule has 0 aliphatic heterocycles. The third-order valence-electron chi connectivity index (χ3n) is 4.04. The van der Waals surface area contributed by atoms with Gasteiger partial charge in [-0.15, -0.1) is 0 Å². The van der Waals surface area contributed by atoms with Crippen molar-refractivity contribution in [1.29, 1.82) is 0 Å². The number of halogens is 1. The Morgan fingerprint density at radius 1 is 1.04 bits per heavy atom. The van der Waals surface area contributed by atoms with Crippen molar-refractivity contribution in [1.82, 2.24) is 10.3 Å². The van der Waals surface area contributed by atoms with Crippen LogP contribution >= 0.6 is 11.6 Å². The van der Waals surface area contributed by atoms with Gasteiger partial charge >= 0.3 is 0 Å². The van der Waals surface area contributed by atoms with Crippen LogP contribution in [-0.4, -0.2) is 25.1 Å². The molecule has 7 heteroatoms. The third-order valence-corrected chi connectivity index (χ3v) is 4.34. The highest BCUT2D eigenvalue weighted by Crippen LogP contribution is 2.37. The molecule has 0 bridgehead atoms. The zero-order valence-electron chi connectivity index (χ0n) is 15.5. The van der Waals surface area contributed by atoms with Gasteiger partial charge in [0, 0.05) is 30.6 Å². The van der Waals surface area contributed by atoms with Crippen molar-refractivity contribution in [2.24, 2.45) is 0 Å². The summed E-state index contributed by atoms with van der Waals surface area (Å²) in [6.07, 6.45) is 1.57. The van der Waals surface area contributed by atoms with Crippen LogP contribution < -0.4 is 20.1 Å². The van der Waals surface area contributed by atoms with E-state index in [0.717, 1.165) is 5.56 Å². The number of amides is 1. The molecule has 2 N–H and O–H groups in total. The summed E-state index contributed by atoms with van der Waals surface area (Å²) in [5.74, 6) is 0.811. The molecule has 144 valence electrons. The van der Waals surface area contributed by atoms with Gasteiger partial charge < -0.3 is 20.1 Å². The molecule has 0 aliphatic carbocycles. The Bertz CT molecular complexity index is 964. The fourth-order valence-corrected chi connectivity index (χ4v) is 2.85. The first-order valence-corrected chi connectivity index (χ1v) is 8.95. The molecule has 0 saturated heterocycles. The minimum atomic E-state index is -0.256. The molecule has 1 heterocycles. The van der Waals surface area contributed by atoms with Gasteiger partial charge in [-0.1, -0.05) is 41.9 Å². The summed E-state index contributed by atoms with van der Waals surface area (Å²) in [6, 6.07) is 16.5. The van der Waals surface area contributed by atoms with Crippen molar-refractivity contribution in [3.8, 4) is 11.5 Å². The molecule has 0 aliphatic rings. The number of benzene rings is 2. The molecule has 3 rings (SSSR count). The van der Waals surface area contributed by atoms with Gasteiger partial charge in [-0.05, 0) is 17.7 Å². The van der Waals surface area contributed by atoms with Gasteiger partial charge in [-0.3, -0.25) is 9.78 Å². The molecule has 3 aromatic rings. The Labute approximate surface area is 168 Å². The highest BCUT2D eigenvalue weighted by molar-refractivity contribution is 6.32. The average molecular weight is 398 g/mol. The maximum absolute atomic E-state index is 12.4. The smallest absolute Gasteiger partial charge is 0.270 e. The largest absolute Gasteiger partial charge is 0.495 e. The quantitative estimate of drug-likeness (QED) is 0.617. The Hall–Kier alpha value is -3.25. The first-order chi connectivity index (χ1) is 13.6. The summed E-state index contributed by atoms with van der Waals surface area (Å²) in [4.78, 5) is 16.6. The second kappa shape index (κ2) is 9.10. The number of ether oxygens (including phenoxy) is 2. The van der Waals surface area contributed by atoms with E-state index in [-0.39, 0.29) is 5.91 Å². The zero-order chi connectivity index (χ0) is 19.9. The number of hydrogen-bond acceptors (Lipinski definition) is 5. The number of anilines is 2. The summed E-state index contributed by atoms with van der Waals surface area (Å²) in [6.45, 7) is 0.432. The minimum Gasteiger partial charge on any atom is -0.495 e. The molecular weight excluding hydrogens is 378 g/mol. The fraction of sp³-hybridized carbons (Fsp3) is 0.143. The maximum atomic E-state index is 12.4. The summed E-state index contributed by atoms with van der Waals surface area (Å²) < 4.78 is 10.6. The highest BCUT2D eigenvalue weighted by Gasteiger charge is 2.12. The van der Waals surface area contributed by atoms with Crippen molar-refractivity contribution in [3.63, 3.8) is 0 Å². The summed E-state index contributed by atoms with van der Waals surface area (Å²) >= 11 is 6.14. The highest BCUT2D eigenvalue weighted by atomic mass is 35.5. The molecule has 0 unspecified atom stereocenters. The Balaban J connectivity index is 1.75. The number of carbonyl (C=O) groups excluding carboxylic acids is 1. The number of nitrogens with one attached hydrogen (secondary N) is 2. The maximum Gasteiger partial charge on any atom is 0.270 e. The van der Waals surface area contributed by atoms with Crippen LogP contribution in [0.4, 0.5) is 11.4 Å². The first kappa shape index (κ1) is 19.5. The predicted molar refractivity (Wildman–Crippen MR) is 110 cm³/mol. The van der Waals surface area contributed by atoms with Crippen LogP contribution in [0.15, 0.2) is 60.8 Å². The van der Waals surface area contributed by atoms with E-state index in [4.69, 9.17) is 21.1 Å². The summed E-state index contributed by atoms with van der Waals surface area (Å²) in [5, 5.41) is 6.52. The lowest BCUT2D eigenvalue weighted by Gasteiger charge is -2.14. The van der Waals surface area contributed by atoms with E-state index in [1.807, 2.05) is 30.3 Å². The molecule has 0 radical (unpaired) electrons. The fourth-order valence-electron chi connectivity index (χ4n) is 2.61. The monoisotopic (exact) mass is 397 g/mol. The molecule has 0 atom stereocenters. The zero-order valence-corrected chi connectivity index (χ0v) is 16.3. The van der Waals surface area contributed by atoms with Gasteiger partial charge in [0.25, 0.3) is 5.91 Å². The summed E-state index contributed by atoms with van der Waals surface area (Å²) in [5.41, 5.74) is 2.66. The molecule has 2 aromatic carbocycles. The van der Waals surface area contributed by atoms with Gasteiger partial charge in [0.15, 0.2) is 0 Å². The van der Waals surface area contributed by atoms with Crippen molar-refractivity contribution < 1.29 is 14.3 Å². The standard InChI is InChI=1S/C21H20ClN3O3/c1-27-19-12-17(20(28-2)11-16(19)22)25-15-8-9-23-18(10-15)21(26)24-13-14-6-4-3-5-7-14/h3-12H,13H2,1-2H3,(H,23,25)(H,24,26). The topological polar surface area (TPSA) is 72.5 Å². The molecule has 1 amide bonds. The van der Waals surface area contributed by atoms with Crippen LogP contribution in [0.3, 0.4) is 0 Å². The molecular formula is C21H20ClN3O3. The number of carbonyl (C=O) groups is 1. The molecule has 28 heavy (non-hydrogen) atoms. The number of pyridine rings is 1. The normalized spacial score (nSPS) is 10.2. The second-order valence-electron chi connectivity index (χ2n) is 5.91. The van der Waals surface area contributed by atoms with E-state index in [1.54, 1.807) is 44.7 Å². The van der Waals surface area contributed by atoms with E-state index >= 15 is 0 Å². The van der Waals surface area contributed by atoms with Gasteiger partial charge in [0.05, 0.1) is 24.9 Å². The van der Waals surface area contributed by atoms with E-state index in [1.165, 1.54) is 0 Å². The first-order valence-electron chi connectivity index (χ1n) is 8.57. The van der Waals surface area contributed by atoms with Crippen molar-refractivity contribution in [2.45, 2.75) is 6.54 Å². The molecule has 0 saturated carbocycles. The Kier molecular flexibility index (Phi) is 6.34. The Morgan fingerprint density at radius 2 is 1.79 bits per heavy atom. The molecule has 1 aromatic heterocycles. The van der Waals surface area contributed by atoms with E-state index in [0.29, 0.717) is 40.1 Å². The number of aromatic nitrogens is 1. The van der Waals surface area contributed by atoms with Crippen molar-refractivity contribution in [3.05, 3.63) is 77.1 Å². The van der Waals surface area contributed by atoms with Crippen molar-refractivity contribution in [2.75, 3.05) is 19.5 Å².